The maximum absolute atomic E-state index is 4.11. The van der Waals surface area contributed by atoms with Crippen LogP contribution in [0.15, 0.2) is 72.4 Å². The number of hydrogen-bond donors (Lipinski definition) is 0. The molecule has 0 aromatic heterocycles. The van der Waals surface area contributed by atoms with E-state index in [2.05, 4.69) is 61.3 Å². The topological polar surface area (TPSA) is 0 Å². The van der Waals surface area contributed by atoms with Gasteiger partial charge in [0.1, 0.15) is 0 Å². The Labute approximate surface area is 153 Å². The van der Waals surface area contributed by atoms with Gasteiger partial charge in [-0.05, 0) is 67.8 Å². The van der Waals surface area contributed by atoms with E-state index in [4.69, 9.17) is 0 Å². The van der Waals surface area contributed by atoms with Crippen LogP contribution in [0.3, 0.4) is 0 Å². The molecule has 0 radical (unpaired) electrons. The standard InChI is InChI=1S/C25H32/c1-2-19-16-17-24-21-13-7-3-5-10-20-11-6-4-8-14-23(25(24)18-19)22(21)15-9-12-20/h2-3,5,7,9-10,12-13,15,19,21,23-25H,1,4,6,8,11,14,16-18H2/b5-3-,12-9+,13-7-,20-10-,22-15+/t19?,21-,23?,24?,25?/m1/s1. The van der Waals surface area contributed by atoms with Crippen LogP contribution in [0.5, 0.6) is 0 Å². The lowest BCUT2D eigenvalue weighted by Crippen LogP contribution is -2.25. The molecule has 5 atom stereocenters. The minimum absolute atomic E-state index is 0.650. The van der Waals surface area contributed by atoms with Gasteiger partial charge in [0.25, 0.3) is 0 Å². The van der Waals surface area contributed by atoms with E-state index in [1.165, 1.54) is 56.9 Å². The van der Waals surface area contributed by atoms with Crippen molar-refractivity contribution in [1.29, 1.82) is 0 Å². The largest absolute Gasteiger partial charge is 0.103 e. The van der Waals surface area contributed by atoms with Gasteiger partial charge in [0, 0.05) is 5.92 Å². The lowest BCUT2D eigenvalue weighted by Gasteiger charge is -2.34. The molecule has 0 saturated heterocycles. The molecule has 2 fully saturated rings. The summed E-state index contributed by atoms with van der Waals surface area (Å²) < 4.78 is 0. The highest BCUT2D eigenvalue weighted by molar-refractivity contribution is 5.35. The van der Waals surface area contributed by atoms with Crippen molar-refractivity contribution in [1.82, 2.24) is 0 Å². The highest BCUT2D eigenvalue weighted by atomic mass is 14.5. The lowest BCUT2D eigenvalue weighted by molar-refractivity contribution is 0.178. The number of allylic oxidation sites excluding steroid dienone is 11. The summed E-state index contributed by atoms with van der Waals surface area (Å²) in [6.45, 7) is 4.11. The van der Waals surface area contributed by atoms with Crippen LogP contribution in [0.2, 0.25) is 0 Å². The Hall–Kier alpha value is -1.56. The second-order valence-electron chi connectivity index (χ2n) is 8.41. The molecule has 132 valence electrons. The molecular formula is C25H32. The third kappa shape index (κ3) is 3.54. The van der Waals surface area contributed by atoms with Crippen LogP contribution in [-0.4, -0.2) is 0 Å². The Morgan fingerprint density at radius 1 is 0.880 bits per heavy atom. The Morgan fingerprint density at radius 2 is 1.84 bits per heavy atom. The average molecular weight is 333 g/mol. The molecule has 25 heavy (non-hydrogen) atoms. The van der Waals surface area contributed by atoms with Crippen LogP contribution in [0.1, 0.15) is 51.4 Å². The zero-order chi connectivity index (χ0) is 17.1. The third-order valence-corrected chi connectivity index (χ3v) is 7.05. The van der Waals surface area contributed by atoms with Crippen LogP contribution in [0, 0.1) is 29.6 Å². The van der Waals surface area contributed by atoms with E-state index in [0.29, 0.717) is 5.92 Å². The van der Waals surface area contributed by atoms with E-state index in [1.807, 2.05) is 0 Å². The number of rotatable bonds is 1. The van der Waals surface area contributed by atoms with E-state index < -0.39 is 0 Å². The first-order chi connectivity index (χ1) is 12.4. The summed E-state index contributed by atoms with van der Waals surface area (Å²) in [4.78, 5) is 0. The fraction of sp³-hybridized carbons (Fsp3) is 0.520. The molecule has 0 nitrogen and oxygen atoms in total. The van der Waals surface area contributed by atoms with Crippen molar-refractivity contribution in [3.05, 3.63) is 72.4 Å². The Bertz CT molecular complexity index is 639. The molecule has 0 aliphatic heterocycles. The van der Waals surface area contributed by atoms with Crippen LogP contribution in [0.4, 0.5) is 0 Å². The minimum Gasteiger partial charge on any atom is -0.103 e. The maximum Gasteiger partial charge on any atom is 0.00170 e. The molecule has 4 unspecified atom stereocenters. The van der Waals surface area contributed by atoms with Crippen molar-refractivity contribution in [2.75, 3.05) is 0 Å². The van der Waals surface area contributed by atoms with Gasteiger partial charge in [0.15, 0.2) is 0 Å². The van der Waals surface area contributed by atoms with Crippen LogP contribution < -0.4 is 0 Å². The minimum atomic E-state index is 0.650. The van der Waals surface area contributed by atoms with E-state index in [-0.39, 0.29) is 0 Å². The first-order valence-electron chi connectivity index (χ1n) is 10.4. The third-order valence-electron chi connectivity index (χ3n) is 7.05. The molecule has 2 saturated carbocycles. The van der Waals surface area contributed by atoms with Gasteiger partial charge in [-0.15, -0.1) is 6.58 Å². The maximum atomic E-state index is 4.11. The predicted molar refractivity (Wildman–Crippen MR) is 108 cm³/mol. The van der Waals surface area contributed by atoms with Crippen molar-refractivity contribution < 1.29 is 0 Å². The molecular weight excluding hydrogens is 300 g/mol. The number of fused-ring (bicyclic) bond motifs is 5. The van der Waals surface area contributed by atoms with Crippen molar-refractivity contribution in [3.8, 4) is 0 Å². The van der Waals surface area contributed by atoms with Gasteiger partial charge in [-0.1, -0.05) is 73.1 Å². The van der Waals surface area contributed by atoms with Gasteiger partial charge >= 0.3 is 0 Å². The van der Waals surface area contributed by atoms with E-state index in [0.717, 1.165) is 23.7 Å². The van der Waals surface area contributed by atoms with Gasteiger partial charge in [0.2, 0.25) is 0 Å². The first-order valence-corrected chi connectivity index (χ1v) is 10.4. The monoisotopic (exact) mass is 332 g/mol. The summed E-state index contributed by atoms with van der Waals surface area (Å²) in [7, 11) is 0. The quantitative estimate of drug-likeness (QED) is 0.456. The summed E-state index contributed by atoms with van der Waals surface area (Å²) in [5, 5.41) is 0. The fourth-order valence-electron chi connectivity index (χ4n) is 5.80. The van der Waals surface area contributed by atoms with E-state index >= 15 is 0 Å². The molecule has 0 amide bonds. The molecule has 0 aromatic rings. The number of hydrogen-bond acceptors (Lipinski definition) is 0. The van der Waals surface area contributed by atoms with Crippen LogP contribution >= 0.6 is 0 Å². The van der Waals surface area contributed by atoms with Gasteiger partial charge in [0.05, 0.1) is 0 Å². The molecule has 4 rings (SSSR count). The zero-order valence-electron chi connectivity index (χ0n) is 15.4. The molecule has 2 bridgehead atoms. The Balaban J connectivity index is 1.74. The van der Waals surface area contributed by atoms with Crippen molar-refractivity contribution in [2.24, 2.45) is 29.6 Å². The molecule has 0 spiro atoms. The molecule has 4 aliphatic carbocycles. The average Bonchev–Trinajstić information content (AvgIpc) is 2.88. The predicted octanol–water partition coefficient (Wildman–Crippen LogP) is 6.95. The van der Waals surface area contributed by atoms with Crippen LogP contribution in [0.25, 0.3) is 0 Å². The highest BCUT2D eigenvalue weighted by Gasteiger charge is 2.47. The van der Waals surface area contributed by atoms with E-state index in [1.54, 1.807) is 5.57 Å². The van der Waals surface area contributed by atoms with E-state index in [9.17, 15) is 0 Å². The van der Waals surface area contributed by atoms with Gasteiger partial charge in [-0.2, -0.15) is 0 Å². The molecule has 0 heterocycles. The first kappa shape index (κ1) is 16.9. The van der Waals surface area contributed by atoms with Gasteiger partial charge in [-0.25, -0.2) is 0 Å². The summed E-state index contributed by atoms with van der Waals surface area (Å²) in [6, 6.07) is 0. The lowest BCUT2D eigenvalue weighted by atomic mass is 9.71. The summed E-state index contributed by atoms with van der Waals surface area (Å²) in [6.07, 6.45) is 31.8. The molecule has 0 aromatic carbocycles. The fourth-order valence-corrected chi connectivity index (χ4v) is 5.80. The second kappa shape index (κ2) is 7.77. The van der Waals surface area contributed by atoms with Crippen molar-refractivity contribution in [2.45, 2.75) is 51.4 Å². The van der Waals surface area contributed by atoms with Crippen LogP contribution in [-0.2, 0) is 0 Å². The van der Waals surface area contributed by atoms with Gasteiger partial charge < -0.3 is 0 Å². The Morgan fingerprint density at radius 3 is 2.76 bits per heavy atom. The highest BCUT2D eigenvalue weighted by Crippen LogP contribution is 2.55. The summed E-state index contributed by atoms with van der Waals surface area (Å²) >= 11 is 0. The second-order valence-corrected chi connectivity index (χ2v) is 8.41. The summed E-state index contributed by atoms with van der Waals surface area (Å²) in [5.74, 6) is 3.90. The Kier molecular flexibility index (Phi) is 5.25. The van der Waals surface area contributed by atoms with Gasteiger partial charge in [-0.3, -0.25) is 0 Å². The SMILES string of the molecule is C=CC1CCC2C(C1)C1CCCCCC3=C/C=C\C=C/[C@@H]2/C1=C\C=C\3. The van der Waals surface area contributed by atoms with Crippen molar-refractivity contribution >= 4 is 0 Å². The normalized spacial score (nSPS) is 45.7. The molecule has 0 heteroatoms. The van der Waals surface area contributed by atoms with Crippen molar-refractivity contribution in [3.63, 3.8) is 0 Å². The summed E-state index contributed by atoms with van der Waals surface area (Å²) in [5.41, 5.74) is 3.20. The molecule has 0 N–H and O–H groups in total. The zero-order valence-corrected chi connectivity index (χ0v) is 15.4. The smallest absolute Gasteiger partial charge is 0.00170 e. The molecule has 4 aliphatic rings.